The Morgan fingerprint density at radius 2 is 2.06 bits per heavy atom. The van der Waals surface area contributed by atoms with Crippen LogP contribution in [0.3, 0.4) is 0 Å². The Kier molecular flexibility index (Phi) is 4.46. The molecular weight excluding hydrogens is 278 g/mol. The molecule has 0 aromatic heterocycles. The highest BCUT2D eigenvalue weighted by Crippen LogP contribution is 2.37. The third-order valence-corrected chi connectivity index (χ3v) is 4.32. The van der Waals surface area contributed by atoms with Gasteiger partial charge in [-0.2, -0.15) is 0 Å². The predicted octanol–water partition coefficient (Wildman–Crippen LogP) is 3.23. The van der Waals surface area contributed by atoms with Crippen LogP contribution >= 0.6 is 15.9 Å². The Hall–Kier alpha value is -0.540. The first-order valence-corrected chi connectivity index (χ1v) is 7.14. The summed E-state index contributed by atoms with van der Waals surface area (Å²) in [5.41, 5.74) is 9.84. The summed E-state index contributed by atoms with van der Waals surface area (Å²) in [7, 11) is 1.74. The predicted molar refractivity (Wildman–Crippen MR) is 74.7 cm³/mol. The molecule has 0 fully saturated rings. The minimum absolute atomic E-state index is 0.668. The van der Waals surface area contributed by atoms with Crippen LogP contribution in [0.15, 0.2) is 10.5 Å². The molecule has 1 aliphatic rings. The van der Waals surface area contributed by atoms with Gasteiger partial charge in [-0.05, 0) is 71.3 Å². The number of ether oxygens (including phenoxy) is 1. The zero-order valence-corrected chi connectivity index (χ0v) is 12.0. The number of rotatable bonds is 3. The highest BCUT2D eigenvalue weighted by molar-refractivity contribution is 9.10. The number of hydrogen-bond acceptors (Lipinski definition) is 2. The zero-order chi connectivity index (χ0) is 12.3. The lowest BCUT2D eigenvalue weighted by Crippen LogP contribution is -2.07. The number of aryl methyl sites for hydroxylation is 1. The van der Waals surface area contributed by atoms with Gasteiger partial charge in [0.1, 0.15) is 5.75 Å². The number of halogens is 1. The Balaban J connectivity index is 2.49. The van der Waals surface area contributed by atoms with Crippen LogP contribution in [-0.4, -0.2) is 13.7 Å². The molecule has 0 unspecified atom stereocenters. The van der Waals surface area contributed by atoms with Crippen molar-refractivity contribution in [1.29, 1.82) is 0 Å². The molecule has 2 nitrogen and oxygen atoms in total. The Morgan fingerprint density at radius 3 is 2.76 bits per heavy atom. The van der Waals surface area contributed by atoms with Crippen LogP contribution in [0, 0.1) is 0 Å². The van der Waals surface area contributed by atoms with Gasteiger partial charge in [-0.15, -0.1) is 0 Å². The fraction of sp³-hybridized carbons (Fsp3) is 0.571. The summed E-state index contributed by atoms with van der Waals surface area (Å²) in [5.74, 6) is 0.983. The molecule has 0 bridgehead atoms. The van der Waals surface area contributed by atoms with E-state index < -0.39 is 0 Å². The van der Waals surface area contributed by atoms with Gasteiger partial charge in [-0.3, -0.25) is 0 Å². The van der Waals surface area contributed by atoms with E-state index in [4.69, 9.17) is 10.5 Å². The average molecular weight is 298 g/mol. The van der Waals surface area contributed by atoms with E-state index in [1.807, 2.05) is 0 Å². The molecule has 0 saturated carbocycles. The van der Waals surface area contributed by atoms with E-state index in [-0.39, 0.29) is 0 Å². The minimum Gasteiger partial charge on any atom is -0.495 e. The molecule has 0 spiro atoms. The molecule has 0 saturated heterocycles. The number of methoxy groups -OCH3 is 1. The monoisotopic (exact) mass is 297 g/mol. The van der Waals surface area contributed by atoms with Crippen LogP contribution in [0.2, 0.25) is 0 Å². The van der Waals surface area contributed by atoms with E-state index in [0.29, 0.717) is 6.54 Å². The Morgan fingerprint density at radius 1 is 1.29 bits per heavy atom. The van der Waals surface area contributed by atoms with Crippen molar-refractivity contribution in [2.24, 2.45) is 5.73 Å². The average Bonchev–Trinajstić information content (AvgIpc) is 2.55. The molecule has 0 aliphatic heterocycles. The van der Waals surface area contributed by atoms with E-state index in [1.165, 1.54) is 42.4 Å². The summed E-state index contributed by atoms with van der Waals surface area (Å²) in [6.07, 6.45) is 7.15. The molecule has 3 heteroatoms. The highest BCUT2D eigenvalue weighted by atomic mass is 79.9. The van der Waals surface area contributed by atoms with Crippen molar-refractivity contribution in [2.45, 2.75) is 38.5 Å². The van der Waals surface area contributed by atoms with E-state index in [1.54, 1.807) is 7.11 Å². The quantitative estimate of drug-likeness (QED) is 0.870. The number of fused-ring (bicyclic) bond motifs is 1. The topological polar surface area (TPSA) is 35.2 Å². The number of hydrogen-bond donors (Lipinski definition) is 1. The second-order valence-electron chi connectivity index (χ2n) is 4.62. The van der Waals surface area contributed by atoms with Gasteiger partial charge in [-0.1, -0.05) is 12.5 Å². The van der Waals surface area contributed by atoms with E-state index in [0.717, 1.165) is 23.1 Å². The Bertz CT molecular complexity index is 403. The highest BCUT2D eigenvalue weighted by Gasteiger charge is 2.18. The van der Waals surface area contributed by atoms with Gasteiger partial charge in [0.05, 0.1) is 11.6 Å². The first-order chi connectivity index (χ1) is 8.27. The molecular formula is C14H20BrNO. The molecule has 17 heavy (non-hydrogen) atoms. The van der Waals surface area contributed by atoms with Crippen LogP contribution in [0.4, 0.5) is 0 Å². The molecule has 0 amide bonds. The van der Waals surface area contributed by atoms with Gasteiger partial charge in [0.2, 0.25) is 0 Å². The first-order valence-electron chi connectivity index (χ1n) is 6.35. The maximum atomic E-state index is 5.67. The Labute approximate surface area is 112 Å². The molecule has 2 rings (SSSR count). The maximum Gasteiger partial charge on any atom is 0.136 e. The van der Waals surface area contributed by atoms with Crippen molar-refractivity contribution in [1.82, 2.24) is 0 Å². The second kappa shape index (κ2) is 5.87. The van der Waals surface area contributed by atoms with E-state index in [9.17, 15) is 0 Å². The fourth-order valence-corrected chi connectivity index (χ4v) is 3.50. The van der Waals surface area contributed by atoms with Gasteiger partial charge in [0.25, 0.3) is 0 Å². The largest absolute Gasteiger partial charge is 0.495 e. The van der Waals surface area contributed by atoms with Crippen LogP contribution in [-0.2, 0) is 19.3 Å². The molecule has 2 N–H and O–H groups in total. The summed E-state index contributed by atoms with van der Waals surface area (Å²) in [4.78, 5) is 0. The van der Waals surface area contributed by atoms with Crippen LogP contribution in [0.5, 0.6) is 5.75 Å². The van der Waals surface area contributed by atoms with Crippen LogP contribution in [0.25, 0.3) is 0 Å². The summed E-state index contributed by atoms with van der Waals surface area (Å²) in [6, 6.07) is 2.30. The lowest BCUT2D eigenvalue weighted by Gasteiger charge is -2.16. The summed E-state index contributed by atoms with van der Waals surface area (Å²) in [6.45, 7) is 0.668. The van der Waals surface area contributed by atoms with Crippen LogP contribution in [0.1, 0.15) is 36.0 Å². The van der Waals surface area contributed by atoms with E-state index >= 15 is 0 Å². The summed E-state index contributed by atoms with van der Waals surface area (Å²) >= 11 is 3.72. The van der Waals surface area contributed by atoms with Gasteiger partial charge in [0.15, 0.2) is 0 Å². The van der Waals surface area contributed by atoms with Crippen molar-refractivity contribution < 1.29 is 4.74 Å². The van der Waals surface area contributed by atoms with Crippen LogP contribution < -0.4 is 10.5 Å². The van der Waals surface area contributed by atoms with Crippen molar-refractivity contribution in [3.8, 4) is 5.75 Å². The van der Waals surface area contributed by atoms with Crippen molar-refractivity contribution in [3.05, 3.63) is 27.2 Å². The van der Waals surface area contributed by atoms with E-state index in [2.05, 4.69) is 22.0 Å². The molecule has 1 aromatic carbocycles. The lowest BCUT2D eigenvalue weighted by molar-refractivity contribution is 0.406. The standard InChI is InChI=1S/C14H20BrNO/c1-17-14-11(7-8-16)9-10-5-3-2-4-6-12(10)13(14)15/h9H,2-8,16H2,1H3. The third-order valence-electron chi connectivity index (χ3n) is 3.48. The molecule has 1 aromatic rings. The SMILES string of the molecule is COc1c(CCN)cc2c(c1Br)CCCCC2. The molecule has 0 radical (unpaired) electrons. The molecule has 94 valence electrons. The maximum absolute atomic E-state index is 5.67. The summed E-state index contributed by atoms with van der Waals surface area (Å²) < 4.78 is 6.69. The second-order valence-corrected chi connectivity index (χ2v) is 5.41. The number of nitrogens with two attached hydrogens (primary N) is 1. The fourth-order valence-electron chi connectivity index (χ4n) is 2.63. The van der Waals surface area contributed by atoms with Gasteiger partial charge < -0.3 is 10.5 Å². The molecule has 0 atom stereocenters. The van der Waals surface area contributed by atoms with Crippen molar-refractivity contribution in [3.63, 3.8) is 0 Å². The molecule has 1 aliphatic carbocycles. The minimum atomic E-state index is 0.668. The first kappa shape index (κ1) is 12.9. The van der Waals surface area contributed by atoms with Crippen molar-refractivity contribution >= 4 is 15.9 Å². The zero-order valence-electron chi connectivity index (χ0n) is 10.4. The van der Waals surface area contributed by atoms with Crippen molar-refractivity contribution in [2.75, 3.05) is 13.7 Å². The third kappa shape index (κ3) is 2.66. The van der Waals surface area contributed by atoms with Gasteiger partial charge >= 0.3 is 0 Å². The van der Waals surface area contributed by atoms with Gasteiger partial charge in [0, 0.05) is 0 Å². The van der Waals surface area contributed by atoms with Gasteiger partial charge in [-0.25, -0.2) is 0 Å². The smallest absolute Gasteiger partial charge is 0.136 e. The molecule has 0 heterocycles. The summed E-state index contributed by atoms with van der Waals surface area (Å²) in [5, 5.41) is 0. The number of benzene rings is 1. The normalized spacial score (nSPS) is 15.2. The lowest BCUT2D eigenvalue weighted by atomic mass is 9.97.